The molecule has 0 aromatic heterocycles. The van der Waals surface area contributed by atoms with Crippen LogP contribution >= 0.6 is 0 Å². The molecule has 0 bridgehead atoms. The molecule has 2 saturated heterocycles. The van der Waals surface area contributed by atoms with Crippen molar-refractivity contribution in [1.29, 1.82) is 0 Å². The van der Waals surface area contributed by atoms with Crippen molar-refractivity contribution < 1.29 is 14.3 Å². The molecule has 2 N–H and O–H groups in total. The summed E-state index contributed by atoms with van der Waals surface area (Å²) in [6, 6.07) is 9.98. The number of ether oxygens (including phenoxy) is 2. The number of hydrogen-bond donors (Lipinski definition) is 1. The highest BCUT2D eigenvalue weighted by Gasteiger charge is 2.39. The van der Waals surface area contributed by atoms with E-state index in [9.17, 15) is 4.79 Å². The van der Waals surface area contributed by atoms with Crippen molar-refractivity contribution in [3.63, 3.8) is 0 Å². The second-order valence-corrected chi connectivity index (χ2v) is 6.43. The van der Waals surface area contributed by atoms with E-state index < -0.39 is 0 Å². The highest BCUT2D eigenvalue weighted by molar-refractivity contribution is 5.73. The van der Waals surface area contributed by atoms with E-state index in [1.165, 1.54) is 5.56 Å². The predicted octanol–water partition coefficient (Wildman–Crippen LogP) is 1.79. The Balaban J connectivity index is 1.48. The Morgan fingerprint density at radius 1 is 1.21 bits per heavy atom. The van der Waals surface area contributed by atoms with Gasteiger partial charge in [0.1, 0.15) is 0 Å². The predicted molar refractivity (Wildman–Crippen MR) is 91.3 cm³/mol. The maximum Gasteiger partial charge on any atom is 0.316 e. The summed E-state index contributed by atoms with van der Waals surface area (Å²) < 4.78 is 11.2. The van der Waals surface area contributed by atoms with Crippen molar-refractivity contribution in [1.82, 2.24) is 9.80 Å². The molecule has 2 aliphatic heterocycles. The van der Waals surface area contributed by atoms with Crippen LogP contribution in [-0.4, -0.2) is 60.9 Å². The van der Waals surface area contributed by atoms with Crippen LogP contribution in [0.15, 0.2) is 30.3 Å². The molecule has 0 spiro atoms. The topological polar surface area (TPSA) is 68.0 Å². The van der Waals surface area contributed by atoms with Crippen LogP contribution in [0.5, 0.6) is 0 Å². The lowest BCUT2D eigenvalue weighted by Gasteiger charge is -2.38. The molecule has 24 heavy (non-hydrogen) atoms. The van der Waals surface area contributed by atoms with Gasteiger partial charge < -0.3 is 20.1 Å². The van der Waals surface area contributed by atoms with E-state index in [1.807, 2.05) is 23.1 Å². The Hall–Kier alpha value is -1.63. The lowest BCUT2D eigenvalue weighted by molar-refractivity contribution is -0.0161. The van der Waals surface area contributed by atoms with E-state index >= 15 is 0 Å². The molecule has 3 rings (SSSR count). The van der Waals surface area contributed by atoms with Crippen molar-refractivity contribution >= 4 is 6.03 Å². The van der Waals surface area contributed by atoms with Crippen LogP contribution in [0.3, 0.4) is 0 Å². The molecular weight excluding hydrogens is 306 g/mol. The lowest BCUT2D eigenvalue weighted by Crippen LogP contribution is -2.55. The molecule has 1 aromatic rings. The van der Waals surface area contributed by atoms with E-state index in [0.717, 1.165) is 45.6 Å². The van der Waals surface area contributed by atoms with Crippen LogP contribution in [-0.2, 0) is 16.1 Å². The van der Waals surface area contributed by atoms with Gasteiger partial charge in [-0.2, -0.15) is 0 Å². The fraction of sp³-hybridized carbons (Fsp3) is 0.611. The van der Waals surface area contributed by atoms with E-state index in [2.05, 4.69) is 17.0 Å². The minimum Gasteiger partial charge on any atom is -0.379 e. The summed E-state index contributed by atoms with van der Waals surface area (Å²) in [7, 11) is 0. The molecule has 0 saturated carbocycles. The first-order chi connectivity index (χ1) is 11.8. The van der Waals surface area contributed by atoms with Crippen LogP contribution in [0.25, 0.3) is 0 Å². The van der Waals surface area contributed by atoms with Crippen LogP contribution in [0.4, 0.5) is 4.79 Å². The van der Waals surface area contributed by atoms with Gasteiger partial charge in [0.2, 0.25) is 0 Å². The number of nitrogens with two attached hydrogens (primary N) is 1. The number of rotatable bonds is 6. The van der Waals surface area contributed by atoms with Crippen LogP contribution in [0.2, 0.25) is 0 Å². The first-order valence-electron chi connectivity index (χ1n) is 8.77. The molecule has 2 aliphatic rings. The molecule has 1 aromatic carbocycles. The first-order valence-corrected chi connectivity index (χ1v) is 8.77. The second kappa shape index (κ2) is 8.46. The third-order valence-corrected chi connectivity index (χ3v) is 4.90. The number of likely N-dealkylation sites (tertiary alicyclic amines) is 1. The van der Waals surface area contributed by atoms with Gasteiger partial charge in [0, 0.05) is 25.7 Å². The summed E-state index contributed by atoms with van der Waals surface area (Å²) >= 11 is 0. The lowest BCUT2D eigenvalue weighted by atomic mass is 10.1. The Bertz CT molecular complexity index is 520. The number of hydrogen-bond acceptors (Lipinski definition) is 4. The van der Waals surface area contributed by atoms with Gasteiger partial charge in [0.05, 0.1) is 26.0 Å². The molecule has 6 nitrogen and oxygen atoms in total. The zero-order chi connectivity index (χ0) is 16.8. The normalized spacial score (nSPS) is 25.1. The third-order valence-electron chi connectivity index (χ3n) is 4.90. The third kappa shape index (κ3) is 4.26. The monoisotopic (exact) mass is 333 g/mol. The number of carbonyl (C=O) groups is 1. The smallest absolute Gasteiger partial charge is 0.316 e. The van der Waals surface area contributed by atoms with Gasteiger partial charge in [-0.1, -0.05) is 30.3 Å². The van der Waals surface area contributed by atoms with Crippen molar-refractivity contribution in [2.45, 2.75) is 38.1 Å². The SMILES string of the molecule is NC(=O)N1C(N2CCOCC2)CC[C@H]1CCOCc1ccccc1. The number of primary amides is 1. The molecule has 0 aliphatic carbocycles. The van der Waals surface area contributed by atoms with Gasteiger partial charge in [0.25, 0.3) is 0 Å². The van der Waals surface area contributed by atoms with Gasteiger partial charge in [-0.25, -0.2) is 4.79 Å². The Labute approximate surface area is 143 Å². The molecule has 132 valence electrons. The quantitative estimate of drug-likeness (QED) is 0.806. The molecular formula is C18H27N3O3. The fourth-order valence-electron chi connectivity index (χ4n) is 3.69. The maximum atomic E-state index is 12.0. The molecule has 2 amide bonds. The summed E-state index contributed by atoms with van der Waals surface area (Å²) in [5.41, 5.74) is 6.84. The largest absolute Gasteiger partial charge is 0.379 e. The summed E-state index contributed by atoms with van der Waals surface area (Å²) in [6.07, 6.45) is 2.91. The van der Waals surface area contributed by atoms with Gasteiger partial charge in [-0.05, 0) is 24.8 Å². The highest BCUT2D eigenvalue weighted by Crippen LogP contribution is 2.29. The maximum absolute atomic E-state index is 12.0. The van der Waals surface area contributed by atoms with Crippen LogP contribution < -0.4 is 5.73 Å². The molecule has 2 atom stereocenters. The Morgan fingerprint density at radius 3 is 2.67 bits per heavy atom. The number of benzene rings is 1. The summed E-state index contributed by atoms with van der Waals surface area (Å²) in [6.45, 7) is 4.44. The van der Waals surface area contributed by atoms with Crippen molar-refractivity contribution in [2.24, 2.45) is 5.73 Å². The van der Waals surface area contributed by atoms with Crippen LogP contribution in [0.1, 0.15) is 24.8 Å². The standard InChI is InChI=1S/C18H27N3O3/c19-18(22)21-16(6-7-17(21)20-9-12-23-13-10-20)8-11-24-14-15-4-2-1-3-5-15/h1-5,16-17H,6-14H2,(H2,19,22)/t16-,17?/m0/s1. The number of nitrogens with zero attached hydrogens (tertiary/aromatic N) is 2. The van der Waals surface area contributed by atoms with Crippen molar-refractivity contribution in [3.05, 3.63) is 35.9 Å². The minimum atomic E-state index is -0.322. The van der Waals surface area contributed by atoms with E-state index in [-0.39, 0.29) is 18.2 Å². The number of amides is 2. The molecule has 1 unspecified atom stereocenters. The van der Waals surface area contributed by atoms with Crippen LogP contribution in [0, 0.1) is 0 Å². The summed E-state index contributed by atoms with van der Waals surface area (Å²) in [5, 5.41) is 0. The van der Waals surface area contributed by atoms with Gasteiger partial charge in [-0.3, -0.25) is 4.90 Å². The average molecular weight is 333 g/mol. The Kier molecular flexibility index (Phi) is 6.07. The number of urea groups is 1. The van der Waals surface area contributed by atoms with E-state index in [4.69, 9.17) is 15.2 Å². The van der Waals surface area contributed by atoms with E-state index in [0.29, 0.717) is 13.2 Å². The van der Waals surface area contributed by atoms with E-state index in [1.54, 1.807) is 0 Å². The Morgan fingerprint density at radius 2 is 1.96 bits per heavy atom. The zero-order valence-electron chi connectivity index (χ0n) is 14.1. The second-order valence-electron chi connectivity index (χ2n) is 6.43. The van der Waals surface area contributed by atoms with Crippen molar-refractivity contribution in [3.8, 4) is 0 Å². The molecule has 6 heteroatoms. The van der Waals surface area contributed by atoms with Gasteiger partial charge in [0.15, 0.2) is 0 Å². The first kappa shape index (κ1) is 17.2. The fourth-order valence-corrected chi connectivity index (χ4v) is 3.69. The van der Waals surface area contributed by atoms with Gasteiger partial charge in [-0.15, -0.1) is 0 Å². The zero-order valence-corrected chi connectivity index (χ0v) is 14.1. The summed E-state index contributed by atoms with van der Waals surface area (Å²) in [4.78, 5) is 16.1. The molecule has 2 fully saturated rings. The minimum absolute atomic E-state index is 0.116. The number of morpholine rings is 1. The van der Waals surface area contributed by atoms with Crippen molar-refractivity contribution in [2.75, 3.05) is 32.9 Å². The van der Waals surface area contributed by atoms with Gasteiger partial charge >= 0.3 is 6.03 Å². The number of carbonyl (C=O) groups excluding carboxylic acids is 1. The summed E-state index contributed by atoms with van der Waals surface area (Å²) in [5.74, 6) is 0. The molecule has 2 heterocycles. The average Bonchev–Trinajstić information content (AvgIpc) is 3.04. The molecule has 0 radical (unpaired) electrons. The highest BCUT2D eigenvalue weighted by atomic mass is 16.5.